The highest BCUT2D eigenvalue weighted by Crippen LogP contribution is 2.54. The zero-order valence-electron chi connectivity index (χ0n) is 12.7. The first-order valence-electron chi connectivity index (χ1n) is 7.45. The van der Waals surface area contributed by atoms with E-state index in [2.05, 4.69) is 0 Å². The molecule has 3 aromatic carbocycles. The van der Waals surface area contributed by atoms with Gasteiger partial charge in [-0.1, -0.05) is 53.5 Å². The second kappa shape index (κ2) is 6.15. The molecule has 0 unspecified atom stereocenters. The first-order valence-corrected chi connectivity index (χ1v) is 8.95. The van der Waals surface area contributed by atoms with E-state index < -0.39 is 5.60 Å². The number of hydrogen-bond acceptors (Lipinski definition) is 4. The number of halogens is 2. The van der Waals surface area contributed by atoms with Crippen LogP contribution in [-0.4, -0.2) is 10.2 Å². The number of phenols is 2. The van der Waals surface area contributed by atoms with E-state index in [1.807, 2.05) is 24.3 Å². The summed E-state index contributed by atoms with van der Waals surface area (Å²) >= 11 is 13.6. The van der Waals surface area contributed by atoms with E-state index in [1.165, 1.54) is 24.2 Å². The Morgan fingerprint density at radius 3 is 1.92 bits per heavy atom. The Labute approximate surface area is 159 Å². The van der Waals surface area contributed by atoms with Gasteiger partial charge in [0.05, 0.1) is 10.0 Å². The van der Waals surface area contributed by atoms with Gasteiger partial charge in [0.25, 0.3) is 0 Å². The van der Waals surface area contributed by atoms with Gasteiger partial charge in [-0.05, 0) is 41.5 Å². The summed E-state index contributed by atoms with van der Waals surface area (Å²) < 4.78 is 6.21. The topological polar surface area (TPSA) is 49.7 Å². The van der Waals surface area contributed by atoms with Gasteiger partial charge in [0, 0.05) is 22.5 Å². The van der Waals surface area contributed by atoms with E-state index in [1.54, 1.807) is 24.3 Å². The van der Waals surface area contributed by atoms with E-state index in [0.29, 0.717) is 0 Å². The minimum atomic E-state index is -0.948. The van der Waals surface area contributed by atoms with Crippen LogP contribution < -0.4 is 0 Å². The van der Waals surface area contributed by atoms with Crippen LogP contribution in [-0.2, 0) is 9.78 Å². The van der Waals surface area contributed by atoms with Crippen molar-refractivity contribution in [3.05, 3.63) is 87.4 Å². The Morgan fingerprint density at radius 2 is 1.36 bits per heavy atom. The summed E-state index contributed by atoms with van der Waals surface area (Å²) in [4.78, 5) is 0.982. The highest BCUT2D eigenvalue weighted by atomic mass is 35.5. The van der Waals surface area contributed by atoms with Crippen molar-refractivity contribution in [2.45, 2.75) is 10.5 Å². The maximum atomic E-state index is 9.78. The fourth-order valence-corrected chi connectivity index (χ4v) is 4.30. The van der Waals surface area contributed by atoms with Crippen LogP contribution in [0.2, 0.25) is 10.0 Å². The Bertz CT molecular complexity index is 923. The smallest absolute Gasteiger partial charge is 0.160 e. The van der Waals surface area contributed by atoms with Crippen LogP contribution in [0.1, 0.15) is 16.7 Å². The van der Waals surface area contributed by atoms with Crippen LogP contribution >= 0.6 is 35.2 Å². The minimum Gasteiger partial charge on any atom is -0.506 e. The highest BCUT2D eigenvalue weighted by molar-refractivity contribution is 7.95. The summed E-state index contributed by atoms with van der Waals surface area (Å²) in [5.74, 6) is 0.00600. The van der Waals surface area contributed by atoms with E-state index >= 15 is 0 Å². The molecule has 0 saturated heterocycles. The third-order valence-corrected chi connectivity index (χ3v) is 5.71. The van der Waals surface area contributed by atoms with Crippen LogP contribution in [0.3, 0.4) is 0 Å². The normalized spacial score (nSPS) is 15.1. The molecule has 0 spiro atoms. The lowest BCUT2D eigenvalue weighted by molar-refractivity contribution is 0.204. The maximum absolute atomic E-state index is 9.78. The zero-order valence-corrected chi connectivity index (χ0v) is 15.1. The first kappa shape index (κ1) is 16.6. The lowest BCUT2D eigenvalue weighted by atomic mass is 9.80. The van der Waals surface area contributed by atoms with Crippen LogP contribution in [0.15, 0.2) is 65.6 Å². The minimum absolute atomic E-state index is 0.00300. The first-order chi connectivity index (χ1) is 12.0. The third kappa shape index (κ3) is 2.57. The van der Waals surface area contributed by atoms with Crippen molar-refractivity contribution >= 4 is 35.2 Å². The number of rotatable bonds is 2. The average molecular weight is 391 g/mol. The molecular weight excluding hydrogens is 379 g/mol. The van der Waals surface area contributed by atoms with Gasteiger partial charge in [-0.2, -0.15) is 0 Å². The summed E-state index contributed by atoms with van der Waals surface area (Å²) in [6.45, 7) is 0. The van der Waals surface area contributed by atoms with Gasteiger partial charge >= 0.3 is 0 Å². The summed E-state index contributed by atoms with van der Waals surface area (Å²) in [5.41, 5.74) is 1.52. The molecule has 0 aliphatic carbocycles. The Kier molecular flexibility index (Phi) is 4.08. The Hall–Kier alpha value is -1.85. The predicted molar refractivity (Wildman–Crippen MR) is 99.5 cm³/mol. The predicted octanol–water partition coefficient (Wildman–Crippen LogP) is 5.73. The number of phenolic OH excluding ortho intramolecular Hbond substituents is 2. The van der Waals surface area contributed by atoms with Crippen molar-refractivity contribution < 1.29 is 14.4 Å². The van der Waals surface area contributed by atoms with Gasteiger partial charge in [-0.25, -0.2) is 0 Å². The van der Waals surface area contributed by atoms with Crippen molar-refractivity contribution in [2.24, 2.45) is 0 Å². The molecule has 4 rings (SSSR count). The summed E-state index contributed by atoms with van der Waals surface area (Å²) in [6.07, 6.45) is 0. The van der Waals surface area contributed by atoms with Gasteiger partial charge in [-0.15, -0.1) is 0 Å². The largest absolute Gasteiger partial charge is 0.506 e. The molecule has 1 aliphatic rings. The lowest BCUT2D eigenvalue weighted by Crippen LogP contribution is -2.28. The van der Waals surface area contributed by atoms with E-state index in [-0.39, 0.29) is 21.5 Å². The van der Waals surface area contributed by atoms with Gasteiger partial charge in [-0.3, -0.25) is 4.18 Å². The molecular formula is C19H12Cl2O3S. The van der Waals surface area contributed by atoms with Crippen LogP contribution in [0, 0.1) is 0 Å². The second-order valence-corrected chi connectivity index (χ2v) is 7.26. The van der Waals surface area contributed by atoms with Crippen molar-refractivity contribution in [2.75, 3.05) is 0 Å². The standard InChI is InChI=1S/C19H12Cl2O3S/c20-14-9-11(5-7-16(14)22)19(12-6-8-17(23)15(21)10-12)13-3-1-2-4-18(13)25-24-19/h1-10,22-23H. The molecule has 126 valence electrons. The monoisotopic (exact) mass is 390 g/mol. The molecule has 0 fully saturated rings. The molecule has 0 aromatic heterocycles. The van der Waals surface area contributed by atoms with Crippen LogP contribution in [0.5, 0.6) is 11.5 Å². The molecule has 3 nitrogen and oxygen atoms in total. The van der Waals surface area contributed by atoms with Gasteiger partial charge in [0.2, 0.25) is 0 Å². The fraction of sp³-hybridized carbons (Fsp3) is 0.0526. The molecule has 2 N–H and O–H groups in total. The van der Waals surface area contributed by atoms with Gasteiger partial charge in [0.15, 0.2) is 5.60 Å². The maximum Gasteiger partial charge on any atom is 0.160 e. The van der Waals surface area contributed by atoms with E-state index in [9.17, 15) is 10.2 Å². The molecule has 1 heterocycles. The highest BCUT2D eigenvalue weighted by Gasteiger charge is 2.45. The Morgan fingerprint density at radius 1 is 0.800 bits per heavy atom. The fourth-order valence-electron chi connectivity index (χ4n) is 3.01. The zero-order chi connectivity index (χ0) is 17.6. The van der Waals surface area contributed by atoms with Crippen molar-refractivity contribution in [1.29, 1.82) is 0 Å². The molecule has 0 saturated carbocycles. The molecule has 1 aliphatic heterocycles. The Balaban J connectivity index is 2.02. The number of hydrogen-bond donors (Lipinski definition) is 2. The summed E-state index contributed by atoms with van der Waals surface area (Å²) in [7, 11) is 0. The SMILES string of the molecule is Oc1ccc(C2(c3ccc(O)c(Cl)c3)OSc3ccccc32)cc1Cl. The molecule has 0 amide bonds. The number of fused-ring (bicyclic) bond motifs is 1. The molecule has 0 bridgehead atoms. The quantitative estimate of drug-likeness (QED) is 0.548. The molecule has 6 heteroatoms. The second-order valence-electron chi connectivity index (χ2n) is 5.68. The van der Waals surface area contributed by atoms with Crippen LogP contribution in [0.4, 0.5) is 0 Å². The molecule has 0 radical (unpaired) electrons. The lowest BCUT2D eigenvalue weighted by Gasteiger charge is -2.30. The van der Waals surface area contributed by atoms with E-state index in [0.717, 1.165) is 21.6 Å². The molecule has 3 aromatic rings. The van der Waals surface area contributed by atoms with Crippen molar-refractivity contribution in [3.63, 3.8) is 0 Å². The number of benzene rings is 3. The van der Waals surface area contributed by atoms with Gasteiger partial charge < -0.3 is 10.2 Å². The number of aromatic hydroxyl groups is 2. The third-order valence-electron chi connectivity index (χ3n) is 4.23. The van der Waals surface area contributed by atoms with E-state index in [4.69, 9.17) is 27.4 Å². The average Bonchev–Trinajstić information content (AvgIpc) is 3.00. The summed E-state index contributed by atoms with van der Waals surface area (Å²) in [6, 6.07) is 17.8. The van der Waals surface area contributed by atoms with Gasteiger partial charge in [0.1, 0.15) is 11.5 Å². The molecule has 25 heavy (non-hydrogen) atoms. The molecule has 0 atom stereocenters. The van der Waals surface area contributed by atoms with Crippen molar-refractivity contribution in [3.8, 4) is 11.5 Å². The van der Waals surface area contributed by atoms with Crippen LogP contribution in [0.25, 0.3) is 0 Å². The van der Waals surface area contributed by atoms with Crippen molar-refractivity contribution in [1.82, 2.24) is 0 Å². The summed E-state index contributed by atoms with van der Waals surface area (Å²) in [5, 5.41) is 20.0.